The number of halogens is 3. The number of rotatable bonds is 7. The van der Waals surface area contributed by atoms with Gasteiger partial charge in [-0.05, 0) is 30.0 Å². The maximum Gasteiger partial charge on any atom is 0.471 e. The van der Waals surface area contributed by atoms with Crippen LogP contribution in [0.2, 0.25) is 0 Å². The van der Waals surface area contributed by atoms with Gasteiger partial charge < -0.3 is 19.9 Å². The summed E-state index contributed by atoms with van der Waals surface area (Å²) in [6.07, 6.45) is -5.34. The Morgan fingerprint density at radius 3 is 2.51 bits per heavy atom. The number of likely N-dealkylation sites (tertiary alicyclic amines) is 1. The fourth-order valence-electron chi connectivity index (χ4n) is 5.49. The molecule has 3 amide bonds. The molecule has 11 heteroatoms. The largest absolute Gasteiger partial charge is 0.496 e. The molecule has 1 saturated heterocycles. The Labute approximate surface area is 224 Å². The summed E-state index contributed by atoms with van der Waals surface area (Å²) in [4.78, 5) is 41.7. The van der Waals surface area contributed by atoms with E-state index in [4.69, 9.17) is 4.74 Å². The van der Waals surface area contributed by atoms with Crippen molar-refractivity contribution in [3.8, 4) is 11.8 Å². The Morgan fingerprint density at radius 2 is 1.87 bits per heavy atom. The number of amides is 3. The van der Waals surface area contributed by atoms with Gasteiger partial charge in [0, 0.05) is 24.2 Å². The van der Waals surface area contributed by atoms with E-state index in [1.54, 1.807) is 56.3 Å². The van der Waals surface area contributed by atoms with E-state index in [2.05, 4.69) is 11.4 Å². The molecule has 0 saturated carbocycles. The second-order valence-corrected chi connectivity index (χ2v) is 10.3. The van der Waals surface area contributed by atoms with Crippen LogP contribution in [0.4, 0.5) is 18.9 Å². The van der Waals surface area contributed by atoms with Gasteiger partial charge in [-0.2, -0.15) is 18.4 Å². The molecule has 0 bridgehead atoms. The van der Waals surface area contributed by atoms with Gasteiger partial charge in [0.25, 0.3) is 0 Å². The predicted octanol–water partition coefficient (Wildman–Crippen LogP) is 4.02. The summed E-state index contributed by atoms with van der Waals surface area (Å²) >= 11 is 0. The average molecular weight is 543 g/mol. The molecule has 8 nitrogen and oxygen atoms in total. The van der Waals surface area contributed by atoms with Crippen molar-refractivity contribution in [2.75, 3.05) is 19.0 Å². The number of carbonyl (C=O) groups excluding carboxylic acids is 3. The molecule has 206 valence electrons. The lowest BCUT2D eigenvalue weighted by molar-refractivity contribution is -0.190. The number of benzene rings is 2. The summed E-state index contributed by atoms with van der Waals surface area (Å²) < 4.78 is 46.9. The molecule has 1 N–H and O–H groups in total. The van der Waals surface area contributed by atoms with Gasteiger partial charge in [-0.3, -0.25) is 14.4 Å². The zero-order valence-corrected chi connectivity index (χ0v) is 21.8. The fourth-order valence-corrected chi connectivity index (χ4v) is 5.49. The van der Waals surface area contributed by atoms with Crippen molar-refractivity contribution in [2.45, 2.75) is 56.9 Å². The maximum atomic E-state index is 14.1. The van der Waals surface area contributed by atoms with E-state index >= 15 is 0 Å². The quantitative estimate of drug-likeness (QED) is 0.570. The third-order valence-electron chi connectivity index (χ3n) is 7.31. The molecule has 0 radical (unpaired) electrons. The van der Waals surface area contributed by atoms with Crippen LogP contribution in [0.5, 0.6) is 5.75 Å². The van der Waals surface area contributed by atoms with Crippen LogP contribution in [0.1, 0.15) is 37.8 Å². The number of nitrogens with zero attached hydrogens (tertiary/aromatic N) is 3. The number of carbonyl (C=O) groups is 3. The first-order chi connectivity index (χ1) is 18.4. The lowest BCUT2D eigenvalue weighted by Crippen LogP contribution is -2.55. The molecule has 2 aromatic rings. The van der Waals surface area contributed by atoms with Gasteiger partial charge >= 0.3 is 12.1 Å². The van der Waals surface area contributed by atoms with Crippen LogP contribution in [0.25, 0.3) is 0 Å². The first-order valence-electron chi connectivity index (χ1n) is 12.5. The van der Waals surface area contributed by atoms with Crippen LogP contribution in [0.15, 0.2) is 48.5 Å². The van der Waals surface area contributed by atoms with Gasteiger partial charge in [0.15, 0.2) is 0 Å². The third-order valence-corrected chi connectivity index (χ3v) is 7.31. The molecule has 1 unspecified atom stereocenters. The van der Waals surface area contributed by atoms with E-state index < -0.39 is 42.0 Å². The number of fused-ring (bicyclic) bond motifs is 2. The number of hydrogen-bond donors (Lipinski definition) is 1. The van der Waals surface area contributed by atoms with Gasteiger partial charge in [-0.1, -0.05) is 50.2 Å². The van der Waals surface area contributed by atoms with Gasteiger partial charge in [-0.25, -0.2) is 0 Å². The highest BCUT2D eigenvalue weighted by Crippen LogP contribution is 2.46. The average Bonchev–Trinajstić information content (AvgIpc) is 3.42. The highest BCUT2D eigenvalue weighted by molar-refractivity contribution is 6.07. The monoisotopic (exact) mass is 542 g/mol. The highest BCUT2D eigenvalue weighted by Gasteiger charge is 2.57. The second kappa shape index (κ2) is 10.6. The van der Waals surface area contributed by atoms with Crippen LogP contribution in [0.3, 0.4) is 0 Å². The van der Waals surface area contributed by atoms with Gasteiger partial charge in [0.05, 0.1) is 25.1 Å². The first kappa shape index (κ1) is 28.0. The van der Waals surface area contributed by atoms with Crippen LogP contribution in [-0.2, 0) is 26.3 Å². The van der Waals surface area contributed by atoms with E-state index in [9.17, 15) is 32.8 Å². The molecule has 2 aliphatic heterocycles. The smallest absolute Gasteiger partial charge is 0.471 e. The van der Waals surface area contributed by atoms with Crippen molar-refractivity contribution in [2.24, 2.45) is 5.92 Å². The van der Waals surface area contributed by atoms with E-state index in [-0.39, 0.29) is 42.5 Å². The molecule has 39 heavy (non-hydrogen) atoms. The van der Waals surface area contributed by atoms with Crippen molar-refractivity contribution in [1.82, 2.24) is 9.80 Å². The molecule has 4 rings (SSSR count). The standard InChI is InChI=1S/C28H29F3N4O4/c1-17(2)12-22(34(26(38)28(29,30)31)15-18-8-4-7-11-23(18)39-3)24(36)35-16-27(13-19(35)14-32)20-9-5-6-10-21(20)33-25(27)37/h4-11,17,19,22H,12-13,15-16H2,1-3H3,(H,33,37)/t19-,22?,27-/m0/s1. The predicted molar refractivity (Wildman–Crippen MR) is 135 cm³/mol. The molecule has 2 heterocycles. The summed E-state index contributed by atoms with van der Waals surface area (Å²) in [5.41, 5.74) is 0.273. The zero-order valence-electron chi connectivity index (χ0n) is 21.8. The Balaban J connectivity index is 1.75. The van der Waals surface area contributed by atoms with E-state index in [0.29, 0.717) is 16.2 Å². The van der Waals surface area contributed by atoms with Crippen LogP contribution >= 0.6 is 0 Å². The van der Waals surface area contributed by atoms with E-state index in [0.717, 1.165) is 4.90 Å². The summed E-state index contributed by atoms with van der Waals surface area (Å²) in [5, 5.41) is 12.7. The highest BCUT2D eigenvalue weighted by atomic mass is 19.4. The Kier molecular flexibility index (Phi) is 7.59. The molecule has 2 aliphatic rings. The van der Waals surface area contributed by atoms with E-state index in [1.807, 2.05) is 0 Å². The number of anilines is 1. The lowest BCUT2D eigenvalue weighted by Gasteiger charge is -2.36. The number of nitriles is 1. The number of hydrogen-bond acceptors (Lipinski definition) is 5. The van der Waals surface area contributed by atoms with Crippen LogP contribution < -0.4 is 10.1 Å². The van der Waals surface area contributed by atoms with Crippen molar-refractivity contribution in [3.63, 3.8) is 0 Å². The first-order valence-corrected chi connectivity index (χ1v) is 12.5. The minimum absolute atomic E-state index is 0.00773. The lowest BCUT2D eigenvalue weighted by atomic mass is 9.80. The number of para-hydroxylation sites is 2. The van der Waals surface area contributed by atoms with Gasteiger partial charge in [0.1, 0.15) is 17.8 Å². The van der Waals surface area contributed by atoms with Crippen LogP contribution in [0, 0.1) is 17.2 Å². The van der Waals surface area contributed by atoms with Gasteiger partial charge in [-0.15, -0.1) is 0 Å². The number of alkyl halides is 3. The zero-order chi connectivity index (χ0) is 28.5. The van der Waals surface area contributed by atoms with E-state index in [1.165, 1.54) is 13.2 Å². The SMILES string of the molecule is COc1ccccc1CN(C(=O)C(F)(F)F)C(CC(C)C)C(=O)N1C[C@]2(C[C@H]1C#N)C(=O)Nc1ccccc12. The second-order valence-electron chi connectivity index (χ2n) is 10.3. The minimum atomic E-state index is -5.25. The summed E-state index contributed by atoms with van der Waals surface area (Å²) in [6, 6.07) is 12.7. The molecule has 1 spiro atoms. The Bertz CT molecular complexity index is 1320. The summed E-state index contributed by atoms with van der Waals surface area (Å²) in [5.74, 6) is -3.36. The van der Waals surface area contributed by atoms with Crippen LogP contribution in [-0.4, -0.2) is 59.4 Å². The van der Waals surface area contributed by atoms with Crippen molar-refractivity contribution in [1.29, 1.82) is 5.26 Å². The topological polar surface area (TPSA) is 103 Å². The van der Waals surface area contributed by atoms with Crippen molar-refractivity contribution < 1.29 is 32.3 Å². The number of methoxy groups -OCH3 is 1. The van der Waals surface area contributed by atoms with Crippen molar-refractivity contribution >= 4 is 23.4 Å². The van der Waals surface area contributed by atoms with Crippen molar-refractivity contribution in [3.05, 3.63) is 59.7 Å². The molecular weight excluding hydrogens is 513 g/mol. The number of ether oxygens (including phenoxy) is 1. The maximum absolute atomic E-state index is 14.1. The number of nitrogens with one attached hydrogen (secondary N) is 1. The fraction of sp³-hybridized carbons (Fsp3) is 0.429. The molecular formula is C28H29F3N4O4. The summed E-state index contributed by atoms with van der Waals surface area (Å²) in [7, 11) is 1.36. The summed E-state index contributed by atoms with van der Waals surface area (Å²) in [6.45, 7) is 2.73. The molecule has 1 fully saturated rings. The molecule has 0 aliphatic carbocycles. The molecule has 0 aromatic heterocycles. The molecule has 3 atom stereocenters. The normalized spacial score (nSPS) is 20.9. The Morgan fingerprint density at radius 1 is 1.21 bits per heavy atom. The minimum Gasteiger partial charge on any atom is -0.496 e. The third kappa shape index (κ3) is 5.15. The Hall–Kier alpha value is -4.07. The van der Waals surface area contributed by atoms with Gasteiger partial charge in [0.2, 0.25) is 11.8 Å². The molecule has 2 aromatic carbocycles.